The zero-order chi connectivity index (χ0) is 20.7. The lowest BCUT2D eigenvalue weighted by molar-refractivity contribution is -0.128. The number of nitrogens with zero attached hydrogens (tertiary/aromatic N) is 3. The van der Waals surface area contributed by atoms with Crippen LogP contribution < -0.4 is 21.1 Å². The highest BCUT2D eigenvalue weighted by Gasteiger charge is 2.45. The van der Waals surface area contributed by atoms with Gasteiger partial charge in [-0.2, -0.15) is 0 Å². The summed E-state index contributed by atoms with van der Waals surface area (Å²) in [6, 6.07) is 2.78. The van der Waals surface area contributed by atoms with E-state index in [0.717, 1.165) is 69.7 Å². The summed E-state index contributed by atoms with van der Waals surface area (Å²) in [7, 11) is 0. The maximum Gasteiger partial charge on any atom is 0.226 e. The van der Waals surface area contributed by atoms with Crippen molar-refractivity contribution in [2.75, 3.05) is 24.5 Å². The fraction of sp³-hybridized carbons (Fsp3) is 0.773. The number of carbonyl (C=O) groups excluding carboxylic acids is 1. The largest absolute Gasteiger partial charge is 0.376 e. The van der Waals surface area contributed by atoms with Crippen molar-refractivity contribution in [1.29, 1.82) is 0 Å². The molecule has 3 N–H and O–H groups in total. The van der Waals surface area contributed by atoms with Crippen LogP contribution in [0.2, 0.25) is 0 Å². The number of fused-ring (bicyclic) bond motifs is 1. The van der Waals surface area contributed by atoms with E-state index in [1.165, 1.54) is 0 Å². The Bertz CT molecular complexity index is 779. The van der Waals surface area contributed by atoms with Crippen LogP contribution in [0.3, 0.4) is 0 Å². The highest BCUT2D eigenvalue weighted by atomic mass is 16.5. The average molecular weight is 415 g/mol. The van der Waals surface area contributed by atoms with Crippen LogP contribution in [0.4, 0.5) is 5.82 Å². The van der Waals surface area contributed by atoms with Gasteiger partial charge < -0.3 is 15.0 Å². The fourth-order valence-corrected chi connectivity index (χ4v) is 5.88. The van der Waals surface area contributed by atoms with Gasteiger partial charge in [-0.05, 0) is 52.4 Å². The number of ether oxygens (including phenoxy) is 1. The standard InChI is InChI=1S/C22H34N6O2/c1-14(2)30-15-3-4-17-16(11-15)20(27-26-17)18-12-19(25-13-24-18)28-9-6-22(7-10-28)5-8-23-21(22)29/h12-17,20,26-27H,3-11H2,1-2H3,(H,23,29). The van der Waals surface area contributed by atoms with Crippen LogP contribution in [0.15, 0.2) is 12.4 Å². The third kappa shape index (κ3) is 3.69. The van der Waals surface area contributed by atoms with Gasteiger partial charge in [0.15, 0.2) is 0 Å². The van der Waals surface area contributed by atoms with Gasteiger partial charge in [0.2, 0.25) is 5.91 Å². The van der Waals surface area contributed by atoms with Crippen molar-refractivity contribution in [3.63, 3.8) is 0 Å². The zero-order valence-electron chi connectivity index (χ0n) is 18.1. The van der Waals surface area contributed by atoms with Crippen LogP contribution in [0.1, 0.15) is 64.1 Å². The molecule has 0 aromatic carbocycles. The smallest absolute Gasteiger partial charge is 0.226 e. The molecule has 4 atom stereocenters. The third-order valence-corrected chi connectivity index (χ3v) is 7.58. The molecule has 1 saturated carbocycles. The van der Waals surface area contributed by atoms with Crippen LogP contribution in [0, 0.1) is 11.3 Å². The van der Waals surface area contributed by atoms with E-state index in [1.807, 2.05) is 0 Å². The second kappa shape index (κ2) is 8.05. The highest BCUT2D eigenvalue weighted by molar-refractivity contribution is 5.85. The summed E-state index contributed by atoms with van der Waals surface area (Å²) in [6.07, 6.45) is 8.34. The second-order valence-electron chi connectivity index (χ2n) is 9.73. The Morgan fingerprint density at radius 3 is 2.73 bits per heavy atom. The summed E-state index contributed by atoms with van der Waals surface area (Å²) in [4.78, 5) is 23.8. The van der Waals surface area contributed by atoms with Gasteiger partial charge in [0.05, 0.1) is 29.4 Å². The Morgan fingerprint density at radius 2 is 2.00 bits per heavy atom. The molecule has 30 heavy (non-hydrogen) atoms. The Hall–Kier alpha value is -1.77. The van der Waals surface area contributed by atoms with Crippen molar-refractivity contribution in [2.24, 2.45) is 11.3 Å². The Morgan fingerprint density at radius 1 is 1.17 bits per heavy atom. The van der Waals surface area contributed by atoms with E-state index >= 15 is 0 Å². The molecule has 1 spiro atoms. The van der Waals surface area contributed by atoms with Gasteiger partial charge in [-0.1, -0.05) is 0 Å². The molecule has 4 aliphatic rings. The minimum Gasteiger partial charge on any atom is -0.376 e. The van der Waals surface area contributed by atoms with Crippen molar-refractivity contribution in [3.05, 3.63) is 18.1 Å². The van der Waals surface area contributed by atoms with Crippen LogP contribution in [0.5, 0.6) is 0 Å². The molecule has 1 aliphatic carbocycles. The number of hydrogen-bond donors (Lipinski definition) is 3. The van der Waals surface area contributed by atoms with E-state index in [0.29, 0.717) is 18.1 Å². The van der Waals surface area contributed by atoms with Crippen LogP contribution in [-0.2, 0) is 9.53 Å². The summed E-state index contributed by atoms with van der Waals surface area (Å²) in [5, 5.41) is 3.01. The second-order valence-corrected chi connectivity index (χ2v) is 9.73. The molecule has 4 heterocycles. The molecule has 5 rings (SSSR count). The van der Waals surface area contributed by atoms with Gasteiger partial charge in [0.25, 0.3) is 0 Å². The maximum absolute atomic E-state index is 12.3. The minimum atomic E-state index is -0.149. The summed E-state index contributed by atoms with van der Waals surface area (Å²) >= 11 is 0. The molecule has 1 aromatic heterocycles. The first kappa shape index (κ1) is 20.2. The monoisotopic (exact) mass is 414 g/mol. The number of nitrogens with one attached hydrogen (secondary N) is 3. The first-order chi connectivity index (χ1) is 14.5. The molecule has 1 aromatic rings. The van der Waals surface area contributed by atoms with Crippen LogP contribution >= 0.6 is 0 Å². The molecule has 4 unspecified atom stereocenters. The summed E-state index contributed by atoms with van der Waals surface area (Å²) in [6.45, 7) is 6.79. The van der Waals surface area contributed by atoms with Crippen LogP contribution in [-0.4, -0.2) is 53.8 Å². The Kier molecular flexibility index (Phi) is 5.41. The van der Waals surface area contributed by atoms with Crippen LogP contribution in [0.25, 0.3) is 0 Å². The van der Waals surface area contributed by atoms with E-state index in [2.05, 4.69) is 51.0 Å². The molecular weight excluding hydrogens is 380 g/mol. The summed E-state index contributed by atoms with van der Waals surface area (Å²) in [5.41, 5.74) is 7.89. The number of aromatic nitrogens is 2. The van der Waals surface area contributed by atoms with Crippen molar-refractivity contribution in [1.82, 2.24) is 26.1 Å². The highest BCUT2D eigenvalue weighted by Crippen LogP contribution is 2.41. The van der Waals surface area contributed by atoms with E-state index in [1.54, 1.807) is 6.33 Å². The van der Waals surface area contributed by atoms with Crippen molar-refractivity contribution in [2.45, 2.75) is 76.7 Å². The number of rotatable bonds is 4. The molecule has 164 valence electrons. The van der Waals surface area contributed by atoms with Crippen molar-refractivity contribution >= 4 is 11.7 Å². The first-order valence-electron chi connectivity index (χ1n) is 11.6. The Balaban J connectivity index is 1.28. The number of piperidine rings is 1. The molecular formula is C22H34N6O2. The minimum absolute atomic E-state index is 0.149. The average Bonchev–Trinajstić information content (AvgIpc) is 3.32. The number of hydrogen-bond acceptors (Lipinski definition) is 7. The predicted octanol–water partition coefficient (Wildman–Crippen LogP) is 1.69. The van der Waals surface area contributed by atoms with Gasteiger partial charge in [-0.3, -0.25) is 10.2 Å². The molecule has 4 fully saturated rings. The summed E-state index contributed by atoms with van der Waals surface area (Å²) < 4.78 is 6.13. The molecule has 8 heteroatoms. The molecule has 1 amide bonds. The maximum atomic E-state index is 12.3. The lowest BCUT2D eigenvalue weighted by Gasteiger charge is -2.38. The van der Waals surface area contributed by atoms with Gasteiger partial charge in [-0.25, -0.2) is 15.4 Å². The molecule has 3 aliphatic heterocycles. The van der Waals surface area contributed by atoms with E-state index in [9.17, 15) is 4.79 Å². The number of anilines is 1. The van der Waals surface area contributed by atoms with E-state index < -0.39 is 0 Å². The topological polar surface area (TPSA) is 91.4 Å². The van der Waals surface area contributed by atoms with Crippen molar-refractivity contribution < 1.29 is 9.53 Å². The number of hydrazine groups is 1. The van der Waals surface area contributed by atoms with Gasteiger partial charge in [0, 0.05) is 37.7 Å². The third-order valence-electron chi connectivity index (χ3n) is 7.58. The van der Waals surface area contributed by atoms with Gasteiger partial charge >= 0.3 is 0 Å². The quantitative estimate of drug-likeness (QED) is 0.691. The molecule has 8 nitrogen and oxygen atoms in total. The fourth-order valence-electron chi connectivity index (χ4n) is 5.88. The molecule has 0 bridgehead atoms. The lowest BCUT2D eigenvalue weighted by Crippen LogP contribution is -2.44. The van der Waals surface area contributed by atoms with E-state index in [-0.39, 0.29) is 23.5 Å². The predicted molar refractivity (Wildman–Crippen MR) is 114 cm³/mol. The van der Waals surface area contributed by atoms with Gasteiger partial charge in [0.1, 0.15) is 12.1 Å². The van der Waals surface area contributed by atoms with E-state index in [4.69, 9.17) is 4.74 Å². The SMILES string of the molecule is CC(C)OC1CCC2NNC(c3cc(N4CCC5(CCNC5=O)CC4)ncn3)C2C1. The van der Waals surface area contributed by atoms with Crippen molar-refractivity contribution in [3.8, 4) is 0 Å². The summed E-state index contributed by atoms with van der Waals surface area (Å²) in [5.74, 6) is 1.69. The zero-order valence-corrected chi connectivity index (χ0v) is 18.1. The van der Waals surface area contributed by atoms with Gasteiger partial charge in [-0.15, -0.1) is 0 Å². The normalized spacial score (nSPS) is 33.2. The molecule has 0 radical (unpaired) electrons. The Labute approximate surface area is 178 Å². The number of carbonyl (C=O) groups is 1. The first-order valence-corrected chi connectivity index (χ1v) is 11.6. The number of amides is 1. The lowest BCUT2D eigenvalue weighted by atomic mass is 9.77. The molecule has 3 saturated heterocycles.